The molecule has 1 saturated heterocycles. The summed E-state index contributed by atoms with van der Waals surface area (Å²) in [6, 6.07) is 7.85. The average Bonchev–Trinajstić information content (AvgIpc) is 3.23. The van der Waals surface area contributed by atoms with Crippen LogP contribution in [0.25, 0.3) is 0 Å². The second-order valence-electron chi connectivity index (χ2n) is 5.25. The first-order valence-corrected chi connectivity index (χ1v) is 6.57. The number of rotatable bonds is 3. The number of nitrogens with two attached hydrogens (primary N) is 1. The van der Waals surface area contributed by atoms with Crippen LogP contribution < -0.4 is 16.0 Å². The van der Waals surface area contributed by atoms with Gasteiger partial charge in [-0.1, -0.05) is 12.1 Å². The van der Waals surface area contributed by atoms with Crippen LogP contribution in [0.2, 0.25) is 0 Å². The van der Waals surface area contributed by atoms with Crippen LogP contribution in [0.15, 0.2) is 24.3 Å². The molecule has 0 aromatic heterocycles. The van der Waals surface area contributed by atoms with Crippen molar-refractivity contribution < 1.29 is 9.59 Å². The molecule has 0 spiro atoms. The van der Waals surface area contributed by atoms with E-state index in [9.17, 15) is 9.59 Å². The fraction of sp³-hybridized carbons (Fsp3) is 0.429. The van der Waals surface area contributed by atoms with Crippen LogP contribution in [0.5, 0.6) is 0 Å². The van der Waals surface area contributed by atoms with Crippen molar-refractivity contribution in [3.63, 3.8) is 0 Å². The summed E-state index contributed by atoms with van der Waals surface area (Å²) >= 11 is 0. The smallest absolute Gasteiger partial charge is 0.316 e. The van der Waals surface area contributed by atoms with Crippen molar-refractivity contribution in [2.24, 2.45) is 5.73 Å². The molecule has 2 fully saturated rings. The van der Waals surface area contributed by atoms with Crippen LogP contribution in [-0.2, 0) is 15.0 Å². The van der Waals surface area contributed by atoms with E-state index < -0.39 is 11.8 Å². The lowest BCUT2D eigenvalue weighted by Crippen LogP contribution is -2.52. The maximum atomic E-state index is 11.9. The van der Waals surface area contributed by atoms with Gasteiger partial charge in [0.25, 0.3) is 0 Å². The minimum absolute atomic E-state index is 0.0943. The van der Waals surface area contributed by atoms with Gasteiger partial charge >= 0.3 is 11.8 Å². The molecule has 2 aliphatic rings. The first-order valence-electron chi connectivity index (χ1n) is 6.57. The second kappa shape index (κ2) is 4.35. The minimum Gasteiger partial charge on any atom is -0.346 e. The number of nitrogens with one attached hydrogen (secondary N) is 1. The van der Waals surface area contributed by atoms with Gasteiger partial charge in [-0.25, -0.2) is 0 Å². The molecule has 1 aliphatic heterocycles. The van der Waals surface area contributed by atoms with E-state index in [0.717, 1.165) is 18.5 Å². The Labute approximate surface area is 111 Å². The number of amides is 2. The monoisotopic (exact) mass is 259 g/mol. The summed E-state index contributed by atoms with van der Waals surface area (Å²) in [6.07, 6.45) is 2.20. The number of benzene rings is 1. The lowest BCUT2D eigenvalue weighted by Gasteiger charge is -2.27. The van der Waals surface area contributed by atoms with Gasteiger partial charge in [-0.2, -0.15) is 0 Å². The van der Waals surface area contributed by atoms with E-state index in [2.05, 4.69) is 11.4 Å². The molecule has 1 aromatic rings. The third-order valence-corrected chi connectivity index (χ3v) is 4.07. The van der Waals surface area contributed by atoms with Crippen molar-refractivity contribution in [2.45, 2.75) is 18.3 Å². The highest BCUT2D eigenvalue weighted by Gasteiger charge is 2.43. The number of carbonyl (C=O) groups is 2. The third-order valence-electron chi connectivity index (χ3n) is 4.07. The lowest BCUT2D eigenvalue weighted by molar-refractivity contribution is -0.138. The molecule has 0 atom stereocenters. The molecule has 0 bridgehead atoms. The fourth-order valence-electron chi connectivity index (χ4n) is 2.59. The van der Waals surface area contributed by atoms with Gasteiger partial charge < -0.3 is 16.0 Å². The predicted molar refractivity (Wildman–Crippen MR) is 71.8 cm³/mol. The lowest BCUT2D eigenvalue weighted by atomic mass is 9.95. The molecule has 100 valence electrons. The first-order chi connectivity index (χ1) is 9.16. The van der Waals surface area contributed by atoms with Crippen molar-refractivity contribution in [3.8, 4) is 0 Å². The summed E-state index contributed by atoms with van der Waals surface area (Å²) in [5, 5.41) is 2.55. The average molecular weight is 259 g/mol. The van der Waals surface area contributed by atoms with Crippen LogP contribution >= 0.6 is 0 Å². The molecular weight excluding hydrogens is 242 g/mol. The van der Waals surface area contributed by atoms with E-state index in [1.54, 1.807) is 0 Å². The Kier molecular flexibility index (Phi) is 2.78. The largest absolute Gasteiger partial charge is 0.346 e. The summed E-state index contributed by atoms with van der Waals surface area (Å²) in [5.74, 6) is -1.02. The Morgan fingerprint density at radius 3 is 2.79 bits per heavy atom. The van der Waals surface area contributed by atoms with Gasteiger partial charge in [0.15, 0.2) is 0 Å². The van der Waals surface area contributed by atoms with Gasteiger partial charge in [0.2, 0.25) is 0 Å². The van der Waals surface area contributed by atoms with E-state index in [-0.39, 0.29) is 5.41 Å². The Bertz CT molecular complexity index is 537. The molecule has 0 unspecified atom stereocenters. The van der Waals surface area contributed by atoms with Crippen molar-refractivity contribution in [1.82, 2.24) is 5.32 Å². The molecule has 0 radical (unpaired) electrons. The molecule has 5 nitrogen and oxygen atoms in total. The summed E-state index contributed by atoms with van der Waals surface area (Å²) in [4.78, 5) is 24.8. The molecule has 3 rings (SSSR count). The number of hydrogen-bond acceptors (Lipinski definition) is 3. The molecule has 1 heterocycles. The molecule has 1 aromatic carbocycles. The topological polar surface area (TPSA) is 75.4 Å². The fourth-order valence-corrected chi connectivity index (χ4v) is 2.59. The van der Waals surface area contributed by atoms with Gasteiger partial charge in [0.05, 0.1) is 0 Å². The van der Waals surface area contributed by atoms with Gasteiger partial charge in [0.1, 0.15) is 0 Å². The zero-order chi connectivity index (χ0) is 13.5. The first kappa shape index (κ1) is 12.2. The van der Waals surface area contributed by atoms with E-state index in [1.807, 2.05) is 18.2 Å². The molecule has 1 saturated carbocycles. The van der Waals surface area contributed by atoms with Crippen molar-refractivity contribution in [2.75, 3.05) is 24.5 Å². The van der Waals surface area contributed by atoms with Crippen LogP contribution in [0.3, 0.4) is 0 Å². The van der Waals surface area contributed by atoms with Crippen LogP contribution in [0.1, 0.15) is 18.4 Å². The highest BCUT2D eigenvalue weighted by atomic mass is 16.2. The Balaban J connectivity index is 1.91. The van der Waals surface area contributed by atoms with Crippen LogP contribution in [0, 0.1) is 0 Å². The number of anilines is 1. The van der Waals surface area contributed by atoms with Crippen molar-refractivity contribution >= 4 is 17.5 Å². The summed E-state index contributed by atoms with van der Waals surface area (Å²) in [6.45, 7) is 1.64. The predicted octanol–water partition coefficient (Wildman–Crippen LogP) is 0.140. The highest BCUT2D eigenvalue weighted by molar-refractivity contribution is 6.41. The van der Waals surface area contributed by atoms with Crippen LogP contribution in [-0.4, -0.2) is 31.4 Å². The van der Waals surface area contributed by atoms with Gasteiger partial charge in [-0.05, 0) is 30.5 Å². The normalized spacial score (nSPS) is 21.2. The quantitative estimate of drug-likeness (QED) is 0.758. The maximum Gasteiger partial charge on any atom is 0.316 e. The minimum atomic E-state index is -0.531. The maximum absolute atomic E-state index is 11.9. The Morgan fingerprint density at radius 1 is 1.32 bits per heavy atom. The third kappa shape index (κ3) is 2.00. The number of piperazine rings is 1. The summed E-state index contributed by atoms with van der Waals surface area (Å²) in [5.41, 5.74) is 7.89. The summed E-state index contributed by atoms with van der Waals surface area (Å²) < 4.78 is 0. The summed E-state index contributed by atoms with van der Waals surface area (Å²) in [7, 11) is 0. The standard InChI is InChI=1S/C14H17N3O2/c15-9-14(4-5-14)10-2-1-3-11(8-10)17-7-6-16-12(18)13(17)19/h1-3,8H,4-7,9,15H2,(H,16,18). The van der Waals surface area contributed by atoms with Crippen LogP contribution in [0.4, 0.5) is 5.69 Å². The van der Waals surface area contributed by atoms with Crippen molar-refractivity contribution in [3.05, 3.63) is 29.8 Å². The molecular formula is C14H17N3O2. The van der Waals surface area contributed by atoms with Crippen molar-refractivity contribution in [1.29, 1.82) is 0 Å². The molecule has 5 heteroatoms. The van der Waals surface area contributed by atoms with Gasteiger partial charge in [-0.15, -0.1) is 0 Å². The second-order valence-corrected chi connectivity index (χ2v) is 5.25. The molecule has 19 heavy (non-hydrogen) atoms. The van der Waals surface area contributed by atoms with E-state index in [4.69, 9.17) is 5.73 Å². The number of hydrogen-bond donors (Lipinski definition) is 2. The van der Waals surface area contributed by atoms with E-state index >= 15 is 0 Å². The van der Waals surface area contributed by atoms with E-state index in [1.165, 1.54) is 10.5 Å². The zero-order valence-corrected chi connectivity index (χ0v) is 10.7. The molecule has 2 amide bonds. The Morgan fingerprint density at radius 2 is 2.11 bits per heavy atom. The molecule has 1 aliphatic carbocycles. The van der Waals surface area contributed by atoms with Gasteiger partial charge in [0, 0.05) is 30.7 Å². The zero-order valence-electron chi connectivity index (χ0n) is 10.7. The molecule has 3 N–H and O–H groups in total. The Hall–Kier alpha value is -1.88. The van der Waals surface area contributed by atoms with E-state index in [0.29, 0.717) is 19.6 Å². The highest BCUT2D eigenvalue weighted by Crippen LogP contribution is 2.47. The number of nitrogens with zero attached hydrogens (tertiary/aromatic N) is 1. The number of carbonyl (C=O) groups excluding carboxylic acids is 2. The van der Waals surface area contributed by atoms with Gasteiger partial charge in [-0.3, -0.25) is 9.59 Å². The SMILES string of the molecule is NCC1(c2cccc(N3CCNC(=O)C3=O)c2)CC1.